The van der Waals surface area contributed by atoms with Gasteiger partial charge >= 0.3 is 5.97 Å². The third kappa shape index (κ3) is 2.10. The van der Waals surface area contributed by atoms with E-state index in [9.17, 15) is 9.90 Å². The van der Waals surface area contributed by atoms with Gasteiger partial charge in [0.15, 0.2) is 0 Å². The quantitative estimate of drug-likeness (QED) is 0.905. The Morgan fingerprint density at radius 2 is 2.41 bits per heavy atom. The van der Waals surface area contributed by atoms with Crippen LogP contribution in [0.1, 0.15) is 23.2 Å². The van der Waals surface area contributed by atoms with Crippen LogP contribution in [0.15, 0.2) is 23.7 Å². The topological polar surface area (TPSA) is 55.1 Å². The van der Waals surface area contributed by atoms with E-state index in [1.807, 2.05) is 17.5 Å². The molecule has 1 saturated carbocycles. The number of hydrogen-bond donors (Lipinski definition) is 1. The lowest BCUT2D eigenvalue weighted by Crippen LogP contribution is -2.00. The molecule has 3 rings (SSSR count). The minimum absolute atomic E-state index is 0.299. The van der Waals surface area contributed by atoms with E-state index in [0.29, 0.717) is 17.2 Å². The van der Waals surface area contributed by atoms with Gasteiger partial charge in [-0.25, -0.2) is 4.79 Å². The normalized spacial score (nSPS) is 15.1. The van der Waals surface area contributed by atoms with Crippen molar-refractivity contribution >= 4 is 17.3 Å². The first-order valence-corrected chi connectivity index (χ1v) is 6.46. The summed E-state index contributed by atoms with van der Waals surface area (Å²) in [6, 6.07) is 3.81. The molecule has 17 heavy (non-hydrogen) atoms. The summed E-state index contributed by atoms with van der Waals surface area (Å²) in [7, 11) is 0. The molecule has 1 aliphatic rings. The first-order valence-electron chi connectivity index (χ1n) is 5.58. The average molecular weight is 248 g/mol. The largest absolute Gasteiger partial charge is 0.478 e. The molecule has 1 N–H and O–H groups in total. The Bertz CT molecular complexity index is 541. The lowest BCUT2D eigenvalue weighted by atomic mass is 10.2. The molecule has 1 aliphatic carbocycles. The number of thiophene rings is 1. The predicted molar refractivity (Wildman–Crippen MR) is 65.2 cm³/mol. The molecular weight excluding hydrogens is 236 g/mol. The smallest absolute Gasteiger partial charge is 0.339 e. The summed E-state index contributed by atoms with van der Waals surface area (Å²) in [5.41, 5.74) is 0.890. The van der Waals surface area contributed by atoms with Gasteiger partial charge < -0.3 is 5.11 Å². The maximum atomic E-state index is 11.2. The number of carboxylic acid groups (broad SMARTS) is 1. The number of hydrogen-bond acceptors (Lipinski definition) is 3. The molecule has 0 amide bonds. The first-order chi connectivity index (χ1) is 8.24. The highest BCUT2D eigenvalue weighted by atomic mass is 32.1. The van der Waals surface area contributed by atoms with Crippen LogP contribution in [0.25, 0.3) is 10.6 Å². The molecule has 0 radical (unpaired) electrons. The van der Waals surface area contributed by atoms with E-state index in [1.165, 1.54) is 24.2 Å². The Hall–Kier alpha value is -1.62. The van der Waals surface area contributed by atoms with Crippen LogP contribution < -0.4 is 0 Å². The molecule has 1 fully saturated rings. The number of nitrogens with zero attached hydrogens (tertiary/aromatic N) is 2. The average Bonchev–Trinajstić information content (AvgIpc) is 2.82. The zero-order valence-corrected chi connectivity index (χ0v) is 9.98. The van der Waals surface area contributed by atoms with Gasteiger partial charge in [-0.05, 0) is 30.2 Å². The summed E-state index contributed by atoms with van der Waals surface area (Å²) in [6.45, 7) is 0.839. The molecular formula is C12H12N2O2S. The van der Waals surface area contributed by atoms with Crippen molar-refractivity contribution in [1.29, 1.82) is 0 Å². The van der Waals surface area contributed by atoms with E-state index in [1.54, 1.807) is 10.9 Å². The van der Waals surface area contributed by atoms with E-state index >= 15 is 0 Å². The molecule has 0 spiro atoms. The molecule has 0 aliphatic heterocycles. The summed E-state index contributed by atoms with van der Waals surface area (Å²) < 4.78 is 1.77. The standard InChI is InChI=1S/C12H12N2O2S/c15-12(16)9-7-14(6-8-3-4-8)13-11(9)10-2-1-5-17-10/h1-2,5,7-8H,3-4,6H2,(H,15,16). The SMILES string of the molecule is O=C(O)c1cn(CC2CC2)nc1-c1cccs1. The maximum absolute atomic E-state index is 11.2. The number of carbonyl (C=O) groups is 1. The first kappa shape index (κ1) is 10.5. The second-order valence-electron chi connectivity index (χ2n) is 4.34. The summed E-state index contributed by atoms with van der Waals surface area (Å²) in [4.78, 5) is 12.1. The summed E-state index contributed by atoms with van der Waals surface area (Å²) in [5, 5.41) is 15.5. The lowest BCUT2D eigenvalue weighted by molar-refractivity contribution is 0.0697. The zero-order chi connectivity index (χ0) is 11.8. The van der Waals surface area contributed by atoms with Crippen molar-refractivity contribution in [3.8, 4) is 10.6 Å². The summed E-state index contributed by atoms with van der Waals surface area (Å²) in [6.07, 6.45) is 4.11. The van der Waals surface area contributed by atoms with Gasteiger partial charge in [-0.1, -0.05) is 6.07 Å². The molecule has 2 aromatic rings. The van der Waals surface area contributed by atoms with Crippen LogP contribution in [0, 0.1) is 5.92 Å². The minimum Gasteiger partial charge on any atom is -0.478 e. The number of carboxylic acids is 1. The molecule has 0 atom stereocenters. The van der Waals surface area contributed by atoms with Crippen LogP contribution in [0.5, 0.6) is 0 Å². The fourth-order valence-corrected chi connectivity index (χ4v) is 2.55. The number of aromatic carboxylic acids is 1. The molecule has 2 heterocycles. The number of rotatable bonds is 4. The van der Waals surface area contributed by atoms with Crippen molar-refractivity contribution < 1.29 is 9.90 Å². The predicted octanol–water partition coefficient (Wildman–Crippen LogP) is 2.72. The monoisotopic (exact) mass is 248 g/mol. The highest BCUT2D eigenvalue weighted by molar-refractivity contribution is 7.13. The van der Waals surface area contributed by atoms with Gasteiger partial charge in [0.05, 0.1) is 4.88 Å². The lowest BCUT2D eigenvalue weighted by Gasteiger charge is -1.96. The van der Waals surface area contributed by atoms with Gasteiger partial charge in [0, 0.05) is 12.7 Å². The van der Waals surface area contributed by atoms with Crippen molar-refractivity contribution in [1.82, 2.24) is 9.78 Å². The van der Waals surface area contributed by atoms with Crippen molar-refractivity contribution in [3.05, 3.63) is 29.3 Å². The van der Waals surface area contributed by atoms with Crippen molar-refractivity contribution in [2.24, 2.45) is 5.92 Å². The van der Waals surface area contributed by atoms with Gasteiger partial charge in [-0.2, -0.15) is 5.10 Å². The third-order valence-corrected chi connectivity index (χ3v) is 3.77. The van der Waals surface area contributed by atoms with E-state index in [4.69, 9.17) is 0 Å². The summed E-state index contributed by atoms with van der Waals surface area (Å²) >= 11 is 1.52. The van der Waals surface area contributed by atoms with Crippen molar-refractivity contribution in [2.45, 2.75) is 19.4 Å². The molecule has 88 valence electrons. The fourth-order valence-electron chi connectivity index (χ4n) is 1.83. The second-order valence-corrected chi connectivity index (χ2v) is 5.29. The van der Waals surface area contributed by atoms with Gasteiger partial charge in [-0.3, -0.25) is 4.68 Å². The molecule has 0 unspecified atom stereocenters. The second kappa shape index (κ2) is 4.00. The van der Waals surface area contributed by atoms with Crippen LogP contribution in [-0.4, -0.2) is 20.9 Å². The zero-order valence-electron chi connectivity index (χ0n) is 9.17. The van der Waals surface area contributed by atoms with Gasteiger partial charge in [-0.15, -0.1) is 11.3 Å². The van der Waals surface area contributed by atoms with E-state index in [-0.39, 0.29) is 0 Å². The summed E-state index contributed by atoms with van der Waals surface area (Å²) in [5.74, 6) is -0.219. The Morgan fingerprint density at radius 3 is 3.00 bits per heavy atom. The van der Waals surface area contributed by atoms with Crippen LogP contribution in [0.3, 0.4) is 0 Å². The van der Waals surface area contributed by atoms with Crippen molar-refractivity contribution in [3.63, 3.8) is 0 Å². The van der Waals surface area contributed by atoms with Gasteiger partial charge in [0.1, 0.15) is 11.3 Å². The maximum Gasteiger partial charge on any atom is 0.339 e. The van der Waals surface area contributed by atoms with E-state index in [0.717, 1.165) is 11.4 Å². The highest BCUT2D eigenvalue weighted by Crippen LogP contribution is 2.32. The molecule has 4 nitrogen and oxygen atoms in total. The van der Waals surface area contributed by atoms with Gasteiger partial charge in [0.2, 0.25) is 0 Å². The Balaban J connectivity index is 1.99. The van der Waals surface area contributed by atoms with Crippen LogP contribution in [-0.2, 0) is 6.54 Å². The van der Waals surface area contributed by atoms with Crippen molar-refractivity contribution in [2.75, 3.05) is 0 Å². The number of aromatic nitrogens is 2. The van der Waals surface area contributed by atoms with Crippen LogP contribution >= 0.6 is 11.3 Å². The van der Waals surface area contributed by atoms with Crippen LogP contribution in [0.4, 0.5) is 0 Å². The molecule has 0 bridgehead atoms. The molecule has 0 aromatic carbocycles. The molecule has 5 heteroatoms. The van der Waals surface area contributed by atoms with E-state index < -0.39 is 5.97 Å². The third-order valence-electron chi connectivity index (χ3n) is 2.89. The Labute approximate surface area is 103 Å². The highest BCUT2D eigenvalue weighted by Gasteiger charge is 2.24. The molecule has 2 aromatic heterocycles. The Morgan fingerprint density at radius 1 is 1.59 bits per heavy atom. The fraction of sp³-hybridized carbons (Fsp3) is 0.333. The minimum atomic E-state index is -0.907. The van der Waals surface area contributed by atoms with E-state index in [2.05, 4.69) is 5.10 Å². The van der Waals surface area contributed by atoms with Crippen LogP contribution in [0.2, 0.25) is 0 Å². The van der Waals surface area contributed by atoms with Gasteiger partial charge in [0.25, 0.3) is 0 Å². The molecule has 0 saturated heterocycles. The Kier molecular flexibility index (Phi) is 2.48.